The van der Waals surface area contributed by atoms with Gasteiger partial charge in [0.05, 0.1) is 6.42 Å². The first-order chi connectivity index (χ1) is 14.1. The average Bonchev–Trinajstić information content (AvgIpc) is 3.16. The highest BCUT2D eigenvalue weighted by molar-refractivity contribution is 9.10. The molecule has 0 bridgehead atoms. The van der Waals surface area contributed by atoms with E-state index in [0.29, 0.717) is 39.0 Å². The number of hydrogen-bond acceptors (Lipinski definition) is 2. The number of fused-ring (bicyclic) bond motifs is 1. The number of carbonyl (C=O) groups excluding carboxylic acids is 2. The van der Waals surface area contributed by atoms with E-state index in [2.05, 4.69) is 20.9 Å². The van der Waals surface area contributed by atoms with Gasteiger partial charge in [-0.15, -0.1) is 0 Å². The lowest BCUT2D eigenvalue weighted by atomic mass is 10.1. The summed E-state index contributed by atoms with van der Waals surface area (Å²) in [5.41, 5.74) is 3.22. The lowest BCUT2D eigenvalue weighted by Crippen LogP contribution is -2.51. The van der Waals surface area contributed by atoms with Crippen LogP contribution in [0.15, 0.2) is 59.2 Å². The second kappa shape index (κ2) is 8.82. The van der Waals surface area contributed by atoms with E-state index < -0.39 is 0 Å². The number of amides is 2. The number of halogens is 1. The predicted octanol–water partition coefficient (Wildman–Crippen LogP) is 3.78. The van der Waals surface area contributed by atoms with Crippen LogP contribution in [-0.2, 0) is 22.4 Å². The van der Waals surface area contributed by atoms with Crippen LogP contribution in [0.3, 0.4) is 0 Å². The Bertz CT molecular complexity index is 1020. The number of H-pyrrole nitrogens is 1. The summed E-state index contributed by atoms with van der Waals surface area (Å²) < 4.78 is 1.04. The number of benzene rings is 2. The fourth-order valence-electron chi connectivity index (χ4n) is 3.86. The molecule has 6 heteroatoms. The molecule has 0 radical (unpaired) electrons. The largest absolute Gasteiger partial charge is 0.361 e. The van der Waals surface area contributed by atoms with Crippen molar-refractivity contribution < 1.29 is 9.59 Å². The molecule has 1 aromatic heterocycles. The number of rotatable bonds is 5. The van der Waals surface area contributed by atoms with E-state index >= 15 is 0 Å². The van der Waals surface area contributed by atoms with Crippen molar-refractivity contribution in [3.63, 3.8) is 0 Å². The fraction of sp³-hybridized carbons (Fsp3) is 0.304. The summed E-state index contributed by atoms with van der Waals surface area (Å²) in [7, 11) is 0. The molecule has 1 saturated heterocycles. The first-order valence-corrected chi connectivity index (χ1v) is 10.7. The number of piperazine rings is 1. The molecule has 5 nitrogen and oxygen atoms in total. The van der Waals surface area contributed by atoms with Crippen LogP contribution >= 0.6 is 15.9 Å². The van der Waals surface area contributed by atoms with E-state index in [4.69, 9.17) is 0 Å². The molecule has 3 aromatic rings. The number of aryl methyl sites for hydroxylation is 1. The normalized spacial score (nSPS) is 14.4. The molecular formula is C23H24BrN3O2. The van der Waals surface area contributed by atoms with E-state index in [1.165, 1.54) is 0 Å². The molecule has 0 spiro atoms. The smallest absolute Gasteiger partial charge is 0.227 e. The van der Waals surface area contributed by atoms with Gasteiger partial charge in [0.2, 0.25) is 11.8 Å². The molecule has 29 heavy (non-hydrogen) atoms. The highest BCUT2D eigenvalue weighted by atomic mass is 79.9. The van der Waals surface area contributed by atoms with Crippen molar-refractivity contribution in [3.8, 4) is 0 Å². The van der Waals surface area contributed by atoms with Crippen LogP contribution in [0.1, 0.15) is 17.5 Å². The molecule has 1 aliphatic rings. The number of hydrogen-bond donors (Lipinski definition) is 1. The van der Waals surface area contributed by atoms with Gasteiger partial charge in [0, 0.05) is 54.2 Å². The summed E-state index contributed by atoms with van der Waals surface area (Å²) in [5.74, 6) is 0.277. The molecule has 1 fully saturated rings. The molecule has 2 amide bonds. The Balaban J connectivity index is 1.28. The minimum Gasteiger partial charge on any atom is -0.361 e. The first-order valence-electron chi connectivity index (χ1n) is 9.96. The summed E-state index contributed by atoms with van der Waals surface area (Å²) in [5, 5.41) is 1.10. The average molecular weight is 454 g/mol. The molecule has 0 unspecified atom stereocenters. The maximum absolute atomic E-state index is 12.7. The number of carbonyl (C=O) groups is 2. The Hall–Kier alpha value is -2.60. The van der Waals surface area contributed by atoms with Crippen molar-refractivity contribution in [1.82, 2.24) is 14.8 Å². The van der Waals surface area contributed by atoms with E-state index in [0.717, 1.165) is 32.9 Å². The van der Waals surface area contributed by atoms with Gasteiger partial charge in [0.1, 0.15) is 0 Å². The predicted molar refractivity (Wildman–Crippen MR) is 118 cm³/mol. The van der Waals surface area contributed by atoms with Gasteiger partial charge in [-0.25, -0.2) is 0 Å². The third-order valence-corrected chi connectivity index (χ3v) is 6.34. The van der Waals surface area contributed by atoms with E-state index in [9.17, 15) is 9.59 Å². The maximum atomic E-state index is 12.7. The van der Waals surface area contributed by atoms with Gasteiger partial charge in [0.25, 0.3) is 0 Å². The number of nitrogens with zero attached hydrogens (tertiary/aromatic N) is 2. The maximum Gasteiger partial charge on any atom is 0.227 e. The first kappa shape index (κ1) is 19.7. The zero-order chi connectivity index (χ0) is 20.2. The van der Waals surface area contributed by atoms with Crippen LogP contribution in [0.4, 0.5) is 0 Å². The topological polar surface area (TPSA) is 56.4 Å². The lowest BCUT2D eigenvalue weighted by molar-refractivity contribution is -0.139. The van der Waals surface area contributed by atoms with E-state index in [1.54, 1.807) is 0 Å². The van der Waals surface area contributed by atoms with Gasteiger partial charge in [0.15, 0.2) is 0 Å². The van der Waals surface area contributed by atoms with Crippen molar-refractivity contribution in [1.29, 1.82) is 0 Å². The highest BCUT2D eigenvalue weighted by Gasteiger charge is 2.24. The second-order valence-electron chi connectivity index (χ2n) is 7.39. The summed E-state index contributed by atoms with van der Waals surface area (Å²) >= 11 is 3.53. The van der Waals surface area contributed by atoms with Crippen LogP contribution in [0.25, 0.3) is 10.9 Å². The summed E-state index contributed by atoms with van der Waals surface area (Å²) in [6.07, 6.45) is 3.52. The van der Waals surface area contributed by atoms with Gasteiger partial charge in [-0.05, 0) is 29.7 Å². The number of aromatic nitrogens is 1. The second-order valence-corrected chi connectivity index (χ2v) is 8.24. The molecular weight excluding hydrogens is 430 g/mol. The minimum absolute atomic E-state index is 0.120. The van der Waals surface area contributed by atoms with Crippen molar-refractivity contribution in [2.45, 2.75) is 19.3 Å². The Morgan fingerprint density at radius 2 is 1.52 bits per heavy atom. The highest BCUT2D eigenvalue weighted by Crippen LogP contribution is 2.20. The quantitative estimate of drug-likeness (QED) is 0.638. The van der Waals surface area contributed by atoms with Crippen LogP contribution < -0.4 is 0 Å². The zero-order valence-electron chi connectivity index (χ0n) is 16.2. The number of nitrogens with one attached hydrogen (secondary N) is 1. The Morgan fingerprint density at radius 1 is 0.862 bits per heavy atom. The van der Waals surface area contributed by atoms with Gasteiger partial charge in [-0.1, -0.05) is 52.3 Å². The zero-order valence-corrected chi connectivity index (χ0v) is 17.8. The molecule has 2 heterocycles. The molecule has 2 aromatic carbocycles. The van der Waals surface area contributed by atoms with Crippen LogP contribution in [0, 0.1) is 0 Å². The van der Waals surface area contributed by atoms with Crippen LogP contribution in [0.5, 0.6) is 0 Å². The summed E-state index contributed by atoms with van der Waals surface area (Å²) in [6.45, 7) is 2.41. The molecule has 0 aliphatic carbocycles. The van der Waals surface area contributed by atoms with Gasteiger partial charge < -0.3 is 14.8 Å². The van der Waals surface area contributed by atoms with E-state index in [1.807, 2.05) is 64.5 Å². The third-order valence-electron chi connectivity index (χ3n) is 5.57. The van der Waals surface area contributed by atoms with Gasteiger partial charge in [-0.2, -0.15) is 0 Å². The summed E-state index contributed by atoms with van der Waals surface area (Å²) in [6, 6.07) is 16.0. The lowest BCUT2D eigenvalue weighted by Gasteiger charge is -2.35. The molecule has 0 atom stereocenters. The molecule has 1 aliphatic heterocycles. The molecule has 0 saturated carbocycles. The van der Waals surface area contributed by atoms with Crippen molar-refractivity contribution in [2.24, 2.45) is 0 Å². The Kier molecular flexibility index (Phi) is 6.00. The van der Waals surface area contributed by atoms with Crippen molar-refractivity contribution >= 4 is 38.6 Å². The van der Waals surface area contributed by atoms with Crippen molar-refractivity contribution in [3.05, 3.63) is 70.3 Å². The number of aromatic amines is 1. The Labute approximate surface area is 178 Å². The van der Waals surface area contributed by atoms with Crippen LogP contribution in [0.2, 0.25) is 0 Å². The van der Waals surface area contributed by atoms with Gasteiger partial charge >= 0.3 is 0 Å². The standard InChI is InChI=1S/C23H24BrN3O2/c24-20-7-3-1-5-17(20)9-10-22(28)26-11-13-27(14-12-26)23(29)15-18-16-25-21-8-4-2-6-19(18)21/h1-8,16,25H,9-15H2. The van der Waals surface area contributed by atoms with Crippen LogP contribution in [-0.4, -0.2) is 52.8 Å². The molecule has 1 N–H and O–H groups in total. The minimum atomic E-state index is 0.120. The molecule has 4 rings (SSSR count). The van der Waals surface area contributed by atoms with Gasteiger partial charge in [-0.3, -0.25) is 9.59 Å². The number of para-hydroxylation sites is 1. The van der Waals surface area contributed by atoms with E-state index in [-0.39, 0.29) is 11.8 Å². The third kappa shape index (κ3) is 4.53. The molecule has 150 valence electrons. The van der Waals surface area contributed by atoms with Crippen molar-refractivity contribution in [2.75, 3.05) is 26.2 Å². The SMILES string of the molecule is O=C(CCc1ccccc1Br)N1CCN(C(=O)Cc2c[nH]c3ccccc23)CC1. The Morgan fingerprint density at radius 3 is 2.28 bits per heavy atom. The summed E-state index contributed by atoms with van der Waals surface area (Å²) in [4.78, 5) is 32.3. The fourth-order valence-corrected chi connectivity index (χ4v) is 4.34. The monoisotopic (exact) mass is 453 g/mol.